The summed E-state index contributed by atoms with van der Waals surface area (Å²) in [5, 5.41) is 9.78. The van der Waals surface area contributed by atoms with Crippen molar-refractivity contribution in [1.82, 2.24) is 4.90 Å². The molecule has 0 radical (unpaired) electrons. The quantitative estimate of drug-likeness (QED) is 0.842. The molecule has 1 N–H and O–H groups in total. The molecule has 2 fully saturated rings. The molecule has 0 aromatic rings. The summed E-state index contributed by atoms with van der Waals surface area (Å²) in [6.45, 7) is 7.27. The number of nitrogens with zero attached hydrogens (tertiary/aromatic N) is 1. The van der Waals surface area contributed by atoms with Gasteiger partial charge in [0.1, 0.15) is 11.1 Å². The van der Waals surface area contributed by atoms with Crippen molar-refractivity contribution in [3.05, 3.63) is 0 Å². The van der Waals surface area contributed by atoms with Crippen molar-refractivity contribution in [3.63, 3.8) is 0 Å². The van der Waals surface area contributed by atoms with E-state index in [-0.39, 0.29) is 12.0 Å². The molecule has 0 aromatic heterocycles. The Kier molecular flexibility index (Phi) is 3.73. The van der Waals surface area contributed by atoms with Gasteiger partial charge in [-0.1, -0.05) is 6.92 Å². The van der Waals surface area contributed by atoms with Crippen LogP contribution in [0.15, 0.2) is 0 Å². The van der Waals surface area contributed by atoms with E-state index < -0.39 is 23.2 Å². The Morgan fingerprint density at radius 2 is 1.75 bits per heavy atom. The number of carbonyl (C=O) groups is 2. The predicted molar refractivity (Wildman–Crippen MR) is 74.5 cm³/mol. The number of rotatable bonds is 5. The maximum absolute atomic E-state index is 12.5. The highest BCUT2D eigenvalue weighted by molar-refractivity contribution is 5.86. The predicted octanol–water partition coefficient (Wildman–Crippen LogP) is 3.03. The van der Waals surface area contributed by atoms with Crippen LogP contribution in [0.2, 0.25) is 0 Å². The summed E-state index contributed by atoms with van der Waals surface area (Å²) in [5.41, 5.74) is -1.69. The Hall–Kier alpha value is -1.26. The van der Waals surface area contributed by atoms with E-state index in [0.29, 0.717) is 6.42 Å². The normalized spacial score (nSPS) is 22.0. The van der Waals surface area contributed by atoms with Gasteiger partial charge in [0.15, 0.2) is 0 Å². The first-order chi connectivity index (χ1) is 9.22. The van der Waals surface area contributed by atoms with Gasteiger partial charge in [-0.25, -0.2) is 9.59 Å². The summed E-state index contributed by atoms with van der Waals surface area (Å²) >= 11 is 0. The van der Waals surface area contributed by atoms with Crippen LogP contribution in [0.5, 0.6) is 0 Å². The molecule has 20 heavy (non-hydrogen) atoms. The molecule has 2 aliphatic rings. The number of amides is 1. The molecule has 114 valence electrons. The van der Waals surface area contributed by atoms with Crippen molar-refractivity contribution in [2.45, 2.75) is 77.0 Å². The third-order valence-corrected chi connectivity index (χ3v) is 4.09. The lowest BCUT2D eigenvalue weighted by molar-refractivity contribution is -0.154. The minimum absolute atomic E-state index is 0.0292. The van der Waals surface area contributed by atoms with Crippen LogP contribution in [0, 0.1) is 5.92 Å². The van der Waals surface area contributed by atoms with E-state index in [9.17, 15) is 14.7 Å². The fourth-order valence-electron chi connectivity index (χ4n) is 2.93. The largest absolute Gasteiger partial charge is 0.479 e. The van der Waals surface area contributed by atoms with E-state index >= 15 is 0 Å². The summed E-state index contributed by atoms with van der Waals surface area (Å²) in [7, 11) is 0. The van der Waals surface area contributed by atoms with Gasteiger partial charge in [-0.05, 0) is 58.8 Å². The van der Waals surface area contributed by atoms with Crippen molar-refractivity contribution in [1.29, 1.82) is 0 Å². The molecule has 0 aromatic carbocycles. The van der Waals surface area contributed by atoms with Crippen LogP contribution in [0.25, 0.3) is 0 Å². The SMILES string of the molecule is CCC(C(=O)O)(C1CC1)N(C(=O)OC(C)(C)C)C1CC1. The molecule has 1 atom stereocenters. The fraction of sp³-hybridized carbons (Fsp3) is 0.867. The molecule has 2 rings (SSSR count). The van der Waals surface area contributed by atoms with E-state index in [4.69, 9.17) is 4.74 Å². The Labute approximate surface area is 120 Å². The zero-order chi connectivity index (χ0) is 15.1. The van der Waals surface area contributed by atoms with Gasteiger partial charge in [-0.3, -0.25) is 4.90 Å². The molecule has 0 saturated heterocycles. The first kappa shape index (κ1) is 15.1. The van der Waals surface area contributed by atoms with Crippen molar-refractivity contribution in [2.75, 3.05) is 0 Å². The molecule has 2 aliphatic carbocycles. The van der Waals surface area contributed by atoms with E-state index in [1.54, 1.807) is 0 Å². The second-order valence-corrected chi connectivity index (χ2v) is 6.94. The Morgan fingerprint density at radius 3 is 2.05 bits per heavy atom. The molecule has 0 bridgehead atoms. The zero-order valence-corrected chi connectivity index (χ0v) is 12.8. The van der Waals surface area contributed by atoms with Crippen LogP contribution in [-0.2, 0) is 9.53 Å². The van der Waals surface area contributed by atoms with Crippen molar-refractivity contribution in [2.24, 2.45) is 5.92 Å². The maximum atomic E-state index is 12.5. The average molecular weight is 283 g/mol. The van der Waals surface area contributed by atoms with E-state index in [1.807, 2.05) is 27.7 Å². The first-order valence-electron chi connectivity index (χ1n) is 7.48. The lowest BCUT2D eigenvalue weighted by Gasteiger charge is -2.41. The lowest BCUT2D eigenvalue weighted by Crippen LogP contribution is -2.60. The second-order valence-electron chi connectivity index (χ2n) is 6.94. The number of carbonyl (C=O) groups excluding carboxylic acids is 1. The molecule has 5 heteroatoms. The third kappa shape index (κ3) is 2.76. The number of carboxylic acids is 1. The number of carboxylic acid groups (broad SMARTS) is 1. The number of ether oxygens (including phenoxy) is 1. The van der Waals surface area contributed by atoms with Crippen LogP contribution in [0.4, 0.5) is 4.79 Å². The molecule has 0 heterocycles. The van der Waals surface area contributed by atoms with Crippen molar-refractivity contribution >= 4 is 12.1 Å². The first-order valence-corrected chi connectivity index (χ1v) is 7.48. The van der Waals surface area contributed by atoms with Gasteiger partial charge in [-0.2, -0.15) is 0 Å². The molecule has 2 saturated carbocycles. The highest BCUT2D eigenvalue weighted by atomic mass is 16.6. The van der Waals surface area contributed by atoms with Crippen molar-refractivity contribution < 1.29 is 19.4 Å². The molecule has 0 spiro atoms. The number of hydrogen-bond donors (Lipinski definition) is 1. The maximum Gasteiger partial charge on any atom is 0.411 e. The van der Waals surface area contributed by atoms with Crippen molar-refractivity contribution in [3.8, 4) is 0 Å². The van der Waals surface area contributed by atoms with Crippen LogP contribution in [0.3, 0.4) is 0 Å². The third-order valence-electron chi connectivity index (χ3n) is 4.09. The Morgan fingerprint density at radius 1 is 1.20 bits per heavy atom. The topological polar surface area (TPSA) is 66.8 Å². The summed E-state index contributed by atoms with van der Waals surface area (Å²) in [6, 6.07) is 0.0292. The van der Waals surface area contributed by atoms with Gasteiger partial charge in [0.25, 0.3) is 0 Å². The van der Waals surface area contributed by atoms with Crippen LogP contribution in [0.1, 0.15) is 59.8 Å². The monoisotopic (exact) mass is 283 g/mol. The van der Waals surface area contributed by atoms with Crippen LogP contribution in [-0.4, -0.2) is 39.3 Å². The van der Waals surface area contributed by atoms with E-state index in [0.717, 1.165) is 25.7 Å². The minimum Gasteiger partial charge on any atom is -0.479 e. The van der Waals surface area contributed by atoms with Gasteiger partial charge in [0.2, 0.25) is 0 Å². The average Bonchev–Trinajstić information content (AvgIpc) is 3.11. The van der Waals surface area contributed by atoms with Gasteiger partial charge in [0.05, 0.1) is 0 Å². The molecule has 1 amide bonds. The Balaban J connectivity index is 2.30. The molecule has 1 unspecified atom stereocenters. The standard InChI is InChI=1S/C15H25NO4/c1-5-15(12(17)18,10-6-7-10)16(11-8-9-11)13(19)20-14(2,3)4/h10-11H,5-9H2,1-4H3,(H,17,18). The fourth-order valence-corrected chi connectivity index (χ4v) is 2.93. The lowest BCUT2D eigenvalue weighted by atomic mass is 9.88. The molecular formula is C15H25NO4. The summed E-state index contributed by atoms with van der Waals surface area (Å²) in [6.07, 6.45) is 3.47. The molecule has 5 nitrogen and oxygen atoms in total. The molecular weight excluding hydrogens is 258 g/mol. The Bertz CT molecular complexity index is 407. The van der Waals surface area contributed by atoms with Crippen LogP contribution < -0.4 is 0 Å². The van der Waals surface area contributed by atoms with Crippen LogP contribution >= 0.6 is 0 Å². The zero-order valence-electron chi connectivity index (χ0n) is 12.8. The summed E-state index contributed by atoms with van der Waals surface area (Å²) < 4.78 is 5.46. The van der Waals surface area contributed by atoms with E-state index in [2.05, 4.69) is 0 Å². The molecule has 0 aliphatic heterocycles. The highest BCUT2D eigenvalue weighted by Gasteiger charge is 2.59. The smallest absolute Gasteiger partial charge is 0.411 e. The number of hydrogen-bond acceptors (Lipinski definition) is 3. The van der Waals surface area contributed by atoms with Gasteiger partial charge >= 0.3 is 12.1 Å². The summed E-state index contributed by atoms with van der Waals surface area (Å²) in [4.78, 5) is 26.0. The second kappa shape index (κ2) is 4.93. The minimum atomic E-state index is -1.08. The summed E-state index contributed by atoms with van der Waals surface area (Å²) in [5.74, 6) is -0.821. The van der Waals surface area contributed by atoms with Gasteiger partial charge in [0, 0.05) is 6.04 Å². The van der Waals surface area contributed by atoms with Gasteiger partial charge < -0.3 is 9.84 Å². The highest BCUT2D eigenvalue weighted by Crippen LogP contribution is 2.49. The number of aliphatic carboxylic acids is 1. The van der Waals surface area contributed by atoms with E-state index in [1.165, 1.54) is 4.90 Å². The van der Waals surface area contributed by atoms with Gasteiger partial charge in [-0.15, -0.1) is 0 Å².